The first-order valence-corrected chi connectivity index (χ1v) is 14.6. The Bertz CT molecular complexity index is 1060. The molecule has 36 heavy (non-hydrogen) atoms. The van der Waals surface area contributed by atoms with Crippen LogP contribution in [0.15, 0.2) is 64.6 Å². The van der Waals surface area contributed by atoms with Crippen LogP contribution in [0.5, 0.6) is 5.75 Å². The summed E-state index contributed by atoms with van der Waals surface area (Å²) < 4.78 is 33.6. The van der Waals surface area contributed by atoms with E-state index in [0.29, 0.717) is 18.0 Å². The van der Waals surface area contributed by atoms with Gasteiger partial charge in [0.2, 0.25) is 0 Å². The molecule has 7 nitrogen and oxygen atoms in total. The van der Waals surface area contributed by atoms with Crippen LogP contribution in [0.2, 0.25) is 0 Å². The van der Waals surface area contributed by atoms with Crippen LogP contribution in [-0.2, 0) is 14.8 Å². The summed E-state index contributed by atoms with van der Waals surface area (Å²) in [5, 5.41) is 4.43. The Balaban J connectivity index is 1.75. The van der Waals surface area contributed by atoms with Crippen molar-refractivity contribution < 1.29 is 17.9 Å². The summed E-state index contributed by atoms with van der Waals surface area (Å²) in [6, 6.07) is 14.9. The van der Waals surface area contributed by atoms with Crippen molar-refractivity contribution in [2.24, 2.45) is 5.10 Å². The summed E-state index contributed by atoms with van der Waals surface area (Å²) in [6.07, 6.45) is 12.6. The van der Waals surface area contributed by atoms with E-state index in [-0.39, 0.29) is 11.4 Å². The highest BCUT2D eigenvalue weighted by atomic mass is 32.2. The van der Waals surface area contributed by atoms with Crippen LogP contribution in [0.1, 0.15) is 77.6 Å². The minimum Gasteiger partial charge on any atom is -0.494 e. The quantitative estimate of drug-likeness (QED) is 0.435. The van der Waals surface area contributed by atoms with E-state index in [0.717, 1.165) is 35.7 Å². The second-order valence-electron chi connectivity index (χ2n) is 9.15. The van der Waals surface area contributed by atoms with Gasteiger partial charge in [-0.15, -0.1) is 0 Å². The number of carbonyl (C=O) groups is 1. The van der Waals surface area contributed by atoms with Gasteiger partial charge in [0.05, 0.1) is 17.2 Å². The second kappa shape index (κ2) is 14.6. The lowest BCUT2D eigenvalue weighted by Crippen LogP contribution is -2.39. The van der Waals surface area contributed by atoms with E-state index in [1.807, 2.05) is 6.92 Å². The first kappa shape index (κ1) is 27.7. The number of hydrogen-bond acceptors (Lipinski definition) is 5. The minimum absolute atomic E-state index is 0.123. The number of carbonyl (C=O) groups excluding carboxylic acids is 1. The molecule has 196 valence electrons. The Morgan fingerprint density at radius 2 is 1.42 bits per heavy atom. The molecule has 8 heteroatoms. The Labute approximate surface area is 216 Å². The fourth-order valence-electron chi connectivity index (χ4n) is 4.35. The van der Waals surface area contributed by atoms with Gasteiger partial charge < -0.3 is 4.74 Å². The predicted molar refractivity (Wildman–Crippen MR) is 145 cm³/mol. The first-order chi connectivity index (χ1) is 17.5. The summed E-state index contributed by atoms with van der Waals surface area (Å²) in [5.74, 6) is 0.165. The first-order valence-electron chi connectivity index (χ1n) is 13.2. The highest BCUT2D eigenvalue weighted by Gasteiger charge is 2.27. The van der Waals surface area contributed by atoms with E-state index in [9.17, 15) is 13.2 Å². The highest BCUT2D eigenvalue weighted by molar-refractivity contribution is 7.92. The summed E-state index contributed by atoms with van der Waals surface area (Å²) >= 11 is 0. The monoisotopic (exact) mass is 513 g/mol. The number of hydrazone groups is 1. The van der Waals surface area contributed by atoms with Gasteiger partial charge in [-0.25, -0.2) is 13.8 Å². The number of rotatable bonds is 8. The van der Waals surface area contributed by atoms with E-state index >= 15 is 0 Å². The van der Waals surface area contributed by atoms with Gasteiger partial charge in [0, 0.05) is 5.71 Å². The SMILES string of the molecule is CCOc1ccc(N(CC(=O)NN=C2CCCCCCCCCCC2)S(=O)(=O)c2ccccc2)cc1. The van der Waals surface area contributed by atoms with Crippen molar-refractivity contribution in [2.75, 3.05) is 17.5 Å². The molecule has 1 amide bonds. The van der Waals surface area contributed by atoms with Crippen molar-refractivity contribution in [2.45, 2.75) is 82.4 Å². The molecule has 2 aromatic carbocycles. The van der Waals surface area contributed by atoms with E-state index < -0.39 is 15.9 Å². The fourth-order valence-corrected chi connectivity index (χ4v) is 5.79. The zero-order valence-electron chi connectivity index (χ0n) is 21.3. The highest BCUT2D eigenvalue weighted by Crippen LogP contribution is 2.26. The maximum atomic E-state index is 13.5. The van der Waals surface area contributed by atoms with E-state index in [4.69, 9.17) is 4.74 Å². The molecule has 0 radical (unpaired) electrons. The standard InChI is InChI=1S/C28H39N3O4S/c1-2-35-26-21-19-25(20-22-26)31(36(33,34)27-17-13-10-14-18-27)23-28(32)30-29-24-15-11-8-6-4-3-5-7-9-12-16-24/h10,13-14,17-22H,2-9,11-12,15-16,23H2,1H3,(H,30,32). The third-order valence-electron chi connectivity index (χ3n) is 6.32. The molecule has 1 aliphatic rings. The Morgan fingerprint density at radius 1 is 0.861 bits per heavy atom. The fraction of sp³-hybridized carbons (Fsp3) is 0.500. The number of benzene rings is 2. The number of anilines is 1. The molecule has 0 bridgehead atoms. The van der Waals surface area contributed by atoms with Crippen molar-refractivity contribution in [1.29, 1.82) is 0 Å². The Hall–Kier alpha value is -2.87. The van der Waals surface area contributed by atoms with Gasteiger partial charge in [-0.3, -0.25) is 9.10 Å². The van der Waals surface area contributed by atoms with Crippen molar-refractivity contribution >= 4 is 27.3 Å². The smallest absolute Gasteiger partial charge is 0.264 e. The number of sulfonamides is 1. The molecule has 3 rings (SSSR count). The normalized spacial score (nSPS) is 15.8. The lowest BCUT2D eigenvalue weighted by molar-refractivity contribution is -0.119. The summed E-state index contributed by atoms with van der Waals surface area (Å²) in [5.41, 5.74) is 4.01. The molecule has 0 aliphatic heterocycles. The molecule has 0 heterocycles. The van der Waals surface area contributed by atoms with Crippen LogP contribution in [0.3, 0.4) is 0 Å². The molecule has 1 aliphatic carbocycles. The zero-order chi connectivity index (χ0) is 25.6. The molecule has 1 fully saturated rings. The lowest BCUT2D eigenvalue weighted by atomic mass is 10.00. The second-order valence-corrected chi connectivity index (χ2v) is 11.0. The van der Waals surface area contributed by atoms with Gasteiger partial charge in [-0.1, -0.05) is 63.1 Å². The van der Waals surface area contributed by atoms with E-state index in [1.165, 1.54) is 57.1 Å². The molecule has 0 aromatic heterocycles. The van der Waals surface area contributed by atoms with Crippen LogP contribution in [0, 0.1) is 0 Å². The minimum atomic E-state index is -3.96. The van der Waals surface area contributed by atoms with Crippen LogP contribution in [0.4, 0.5) is 5.69 Å². The van der Waals surface area contributed by atoms with Crippen molar-refractivity contribution in [3.8, 4) is 5.75 Å². The molecular formula is C28H39N3O4S. The Kier molecular flexibility index (Phi) is 11.3. The van der Waals surface area contributed by atoms with Gasteiger partial charge in [0.25, 0.3) is 15.9 Å². The molecule has 2 aromatic rings. The average molecular weight is 514 g/mol. The lowest BCUT2D eigenvalue weighted by Gasteiger charge is -2.24. The van der Waals surface area contributed by atoms with Gasteiger partial charge in [0.15, 0.2) is 0 Å². The van der Waals surface area contributed by atoms with Crippen molar-refractivity contribution in [1.82, 2.24) is 5.43 Å². The maximum Gasteiger partial charge on any atom is 0.264 e. The van der Waals surface area contributed by atoms with E-state index in [2.05, 4.69) is 10.5 Å². The molecule has 0 saturated heterocycles. The Morgan fingerprint density at radius 3 is 1.97 bits per heavy atom. The number of amides is 1. The molecule has 1 saturated carbocycles. The van der Waals surface area contributed by atoms with Gasteiger partial charge in [-0.05, 0) is 69.0 Å². The van der Waals surface area contributed by atoms with Gasteiger partial charge in [0.1, 0.15) is 12.3 Å². The van der Waals surface area contributed by atoms with Crippen molar-refractivity contribution in [3.63, 3.8) is 0 Å². The van der Waals surface area contributed by atoms with Crippen LogP contribution in [0.25, 0.3) is 0 Å². The molecule has 0 atom stereocenters. The van der Waals surface area contributed by atoms with E-state index in [1.54, 1.807) is 42.5 Å². The number of hydrogen-bond donors (Lipinski definition) is 1. The number of ether oxygens (including phenoxy) is 1. The van der Waals surface area contributed by atoms with Crippen molar-refractivity contribution in [3.05, 3.63) is 54.6 Å². The molecule has 0 spiro atoms. The summed E-state index contributed by atoms with van der Waals surface area (Å²) in [4.78, 5) is 13.1. The third kappa shape index (κ3) is 8.66. The number of nitrogens with zero attached hydrogens (tertiary/aromatic N) is 2. The van der Waals surface area contributed by atoms with Gasteiger partial charge in [-0.2, -0.15) is 5.10 Å². The van der Waals surface area contributed by atoms with Crippen LogP contribution < -0.4 is 14.5 Å². The summed E-state index contributed by atoms with van der Waals surface area (Å²) in [7, 11) is -3.96. The molecular weight excluding hydrogens is 474 g/mol. The third-order valence-corrected chi connectivity index (χ3v) is 8.11. The number of nitrogens with one attached hydrogen (secondary N) is 1. The predicted octanol–water partition coefficient (Wildman–Crippen LogP) is 6.06. The maximum absolute atomic E-state index is 13.5. The molecule has 0 unspecified atom stereocenters. The topological polar surface area (TPSA) is 88.1 Å². The zero-order valence-corrected chi connectivity index (χ0v) is 22.1. The van der Waals surface area contributed by atoms with Crippen LogP contribution in [-0.4, -0.2) is 33.2 Å². The van der Waals surface area contributed by atoms with Crippen LogP contribution >= 0.6 is 0 Å². The summed E-state index contributed by atoms with van der Waals surface area (Å²) in [6.45, 7) is 2.02. The largest absolute Gasteiger partial charge is 0.494 e. The molecule has 1 N–H and O–H groups in total. The average Bonchev–Trinajstić information content (AvgIpc) is 2.88. The van der Waals surface area contributed by atoms with Gasteiger partial charge >= 0.3 is 0 Å².